The summed E-state index contributed by atoms with van der Waals surface area (Å²) < 4.78 is 0.0382. The maximum atomic E-state index is 10.5. The highest BCUT2D eigenvalue weighted by atomic mass is 16.3. The topological polar surface area (TPSA) is 63.3 Å². The van der Waals surface area contributed by atoms with Crippen molar-refractivity contribution in [3.63, 3.8) is 0 Å². The summed E-state index contributed by atoms with van der Waals surface area (Å²) in [4.78, 5) is 10.5. The van der Waals surface area contributed by atoms with Gasteiger partial charge in [0.05, 0.1) is 20.7 Å². The van der Waals surface area contributed by atoms with Gasteiger partial charge in [0.2, 0.25) is 0 Å². The summed E-state index contributed by atoms with van der Waals surface area (Å²) in [6.07, 6.45) is 0. The number of primary amides is 1. The number of carbonyl (C=O) groups excluding carboxylic acids is 1. The molecule has 0 rings (SSSR count). The van der Waals surface area contributed by atoms with Gasteiger partial charge in [-0.2, -0.15) is 0 Å². The number of hydrogen-bond acceptors (Lipinski definition) is 2. The number of quaternary nitrogens is 1. The van der Waals surface area contributed by atoms with E-state index in [2.05, 4.69) is 0 Å². The van der Waals surface area contributed by atoms with Gasteiger partial charge in [0, 0.05) is 0 Å². The Hall–Kier alpha value is -0.610. The van der Waals surface area contributed by atoms with E-state index in [0.717, 1.165) is 0 Å². The molecule has 0 aliphatic rings. The van der Waals surface area contributed by atoms with Crippen LogP contribution in [0.4, 0.5) is 4.79 Å². The van der Waals surface area contributed by atoms with Gasteiger partial charge in [-0.1, -0.05) is 0 Å². The second kappa shape index (κ2) is 2.80. The molecule has 0 aromatic carbocycles. The summed E-state index contributed by atoms with van der Waals surface area (Å²) in [5.41, 5.74) is 4.98. The molecular formula is C5H13N2O2+. The fraction of sp³-hybridized carbons (Fsp3) is 0.800. The Bertz CT molecular complexity index is 112. The number of carbonyl (C=O) groups is 1. The maximum absolute atomic E-state index is 10.5. The van der Waals surface area contributed by atoms with Crippen LogP contribution in [0.2, 0.25) is 0 Å². The average Bonchev–Trinajstić information content (AvgIpc) is 1.65. The lowest BCUT2D eigenvalue weighted by Gasteiger charge is -2.22. The van der Waals surface area contributed by atoms with E-state index >= 15 is 0 Å². The third-order valence-electron chi connectivity index (χ3n) is 1.26. The minimum atomic E-state index is -0.427. The highest BCUT2D eigenvalue weighted by Gasteiger charge is 2.21. The normalized spacial score (nSPS) is 11.4. The van der Waals surface area contributed by atoms with Gasteiger partial charge >= 0.3 is 6.03 Å². The van der Waals surface area contributed by atoms with Crippen LogP contribution >= 0.6 is 0 Å². The molecule has 0 saturated carbocycles. The molecule has 4 nitrogen and oxygen atoms in total. The van der Waals surface area contributed by atoms with E-state index in [0.29, 0.717) is 6.54 Å². The van der Waals surface area contributed by atoms with Gasteiger partial charge in [0.1, 0.15) is 6.54 Å². The summed E-state index contributed by atoms with van der Waals surface area (Å²) >= 11 is 0. The van der Waals surface area contributed by atoms with E-state index in [4.69, 9.17) is 10.8 Å². The van der Waals surface area contributed by atoms with Crippen LogP contribution in [-0.4, -0.2) is 42.9 Å². The summed E-state index contributed by atoms with van der Waals surface area (Å²) in [6.45, 7) is 0.352. The van der Waals surface area contributed by atoms with Crippen molar-refractivity contribution in [1.29, 1.82) is 0 Å². The second-order valence-corrected chi connectivity index (χ2v) is 2.47. The Morgan fingerprint density at radius 3 is 2.22 bits per heavy atom. The zero-order valence-corrected chi connectivity index (χ0v) is 5.79. The molecule has 3 N–H and O–H groups in total. The summed E-state index contributed by atoms with van der Waals surface area (Å²) in [7, 11) is 3.30. The maximum Gasteiger partial charge on any atom is 0.413 e. The predicted molar refractivity (Wildman–Crippen MR) is 33.6 cm³/mol. The molecule has 0 unspecified atom stereocenters. The van der Waals surface area contributed by atoms with Crippen LogP contribution in [0.15, 0.2) is 0 Å². The summed E-state index contributed by atoms with van der Waals surface area (Å²) in [6, 6.07) is -0.427. The first-order valence-corrected chi connectivity index (χ1v) is 2.74. The van der Waals surface area contributed by atoms with Gasteiger partial charge in [0.25, 0.3) is 0 Å². The minimum Gasteiger partial charge on any atom is -0.390 e. The molecule has 0 atom stereocenters. The molecule has 9 heavy (non-hydrogen) atoms. The van der Waals surface area contributed by atoms with E-state index in [1.54, 1.807) is 14.1 Å². The fourth-order valence-corrected chi connectivity index (χ4v) is 0.360. The second-order valence-electron chi connectivity index (χ2n) is 2.47. The van der Waals surface area contributed by atoms with Crippen molar-refractivity contribution in [2.45, 2.75) is 0 Å². The van der Waals surface area contributed by atoms with E-state index in [-0.39, 0.29) is 11.1 Å². The first-order valence-electron chi connectivity index (χ1n) is 2.74. The van der Waals surface area contributed by atoms with E-state index in [1.165, 1.54) is 0 Å². The Balaban J connectivity index is 3.85. The van der Waals surface area contributed by atoms with Crippen molar-refractivity contribution in [1.82, 2.24) is 0 Å². The molecule has 0 aliphatic carbocycles. The highest BCUT2D eigenvalue weighted by molar-refractivity contribution is 5.63. The van der Waals surface area contributed by atoms with Crippen molar-refractivity contribution < 1.29 is 14.4 Å². The van der Waals surface area contributed by atoms with Gasteiger partial charge in [-0.05, 0) is 0 Å². The number of nitrogens with two attached hydrogens (primary N) is 1. The van der Waals surface area contributed by atoms with E-state index in [1.807, 2.05) is 0 Å². The van der Waals surface area contributed by atoms with Crippen molar-refractivity contribution in [3.8, 4) is 0 Å². The van der Waals surface area contributed by atoms with Gasteiger partial charge in [-0.3, -0.25) is 0 Å². The van der Waals surface area contributed by atoms with Crippen molar-refractivity contribution in [2.24, 2.45) is 5.73 Å². The SMILES string of the molecule is C[N+](C)(CCO)C(N)=O. The fourth-order valence-electron chi connectivity index (χ4n) is 0.360. The van der Waals surface area contributed by atoms with Crippen LogP contribution in [0.5, 0.6) is 0 Å². The lowest BCUT2D eigenvalue weighted by Crippen LogP contribution is -2.50. The number of urea groups is 1. The molecule has 0 aromatic rings. The van der Waals surface area contributed by atoms with Crippen LogP contribution in [0.1, 0.15) is 0 Å². The number of aliphatic hydroxyl groups excluding tert-OH is 1. The van der Waals surface area contributed by atoms with Crippen LogP contribution in [0, 0.1) is 0 Å². The number of amides is 2. The number of nitrogens with zero attached hydrogens (tertiary/aromatic N) is 1. The van der Waals surface area contributed by atoms with Crippen molar-refractivity contribution >= 4 is 6.03 Å². The van der Waals surface area contributed by atoms with Gasteiger partial charge in [0.15, 0.2) is 0 Å². The van der Waals surface area contributed by atoms with Gasteiger partial charge < -0.3 is 10.8 Å². The molecule has 0 spiro atoms. The number of likely N-dealkylation sites (N-methyl/N-ethyl adjacent to an activating group) is 1. The molecular weight excluding hydrogens is 120 g/mol. The molecule has 0 aliphatic heterocycles. The first kappa shape index (κ1) is 8.39. The van der Waals surface area contributed by atoms with Crippen LogP contribution in [0.25, 0.3) is 0 Å². The molecule has 54 valence electrons. The molecule has 4 heteroatoms. The monoisotopic (exact) mass is 133 g/mol. The Kier molecular flexibility index (Phi) is 2.61. The Labute approximate surface area is 54.5 Å². The number of hydrogen-bond donors (Lipinski definition) is 2. The minimum absolute atomic E-state index is 0.0179. The molecule has 0 bridgehead atoms. The number of rotatable bonds is 2. The van der Waals surface area contributed by atoms with Crippen LogP contribution in [0.3, 0.4) is 0 Å². The lowest BCUT2D eigenvalue weighted by atomic mass is 10.5. The molecule has 0 aromatic heterocycles. The van der Waals surface area contributed by atoms with Crippen LogP contribution < -0.4 is 5.73 Å². The highest BCUT2D eigenvalue weighted by Crippen LogP contribution is 1.92. The Morgan fingerprint density at radius 1 is 1.67 bits per heavy atom. The zero-order valence-electron chi connectivity index (χ0n) is 5.79. The zero-order chi connectivity index (χ0) is 7.49. The van der Waals surface area contributed by atoms with E-state index < -0.39 is 6.03 Å². The lowest BCUT2D eigenvalue weighted by molar-refractivity contribution is -0.808. The molecule has 0 radical (unpaired) electrons. The van der Waals surface area contributed by atoms with Gasteiger partial charge in [-0.15, -0.1) is 0 Å². The molecule has 0 saturated heterocycles. The third kappa shape index (κ3) is 2.43. The molecule has 0 heterocycles. The van der Waals surface area contributed by atoms with E-state index in [9.17, 15) is 4.79 Å². The number of aliphatic hydroxyl groups is 1. The average molecular weight is 133 g/mol. The molecule has 0 fully saturated rings. The smallest absolute Gasteiger partial charge is 0.390 e. The quantitative estimate of drug-likeness (QED) is 0.481. The first-order chi connectivity index (χ1) is 4.00. The summed E-state index contributed by atoms with van der Waals surface area (Å²) in [5.74, 6) is 0. The van der Waals surface area contributed by atoms with Gasteiger partial charge in [-0.25, -0.2) is 9.28 Å². The Morgan fingerprint density at radius 2 is 2.11 bits per heavy atom. The predicted octanol–water partition coefficient (Wildman–Crippen LogP) is -0.866. The van der Waals surface area contributed by atoms with Crippen molar-refractivity contribution in [3.05, 3.63) is 0 Å². The summed E-state index contributed by atoms with van der Waals surface area (Å²) in [5, 5.41) is 8.43. The molecule has 2 amide bonds. The van der Waals surface area contributed by atoms with Crippen LogP contribution in [-0.2, 0) is 0 Å². The van der Waals surface area contributed by atoms with Crippen molar-refractivity contribution in [2.75, 3.05) is 27.2 Å². The third-order valence-corrected chi connectivity index (χ3v) is 1.26. The largest absolute Gasteiger partial charge is 0.413 e. The standard InChI is InChI=1S/C5H12N2O2/c1-7(2,3-4-8)5(6)9/h8H,3-4H2,1-2H3,(H-,6,9)/p+1.